The van der Waals surface area contributed by atoms with Crippen molar-refractivity contribution in [3.63, 3.8) is 0 Å². The van der Waals surface area contributed by atoms with Gasteiger partial charge in [0.15, 0.2) is 5.96 Å². The molecule has 0 saturated carbocycles. The van der Waals surface area contributed by atoms with Crippen LogP contribution in [0, 0.1) is 12.7 Å². The first-order chi connectivity index (χ1) is 12.0. The summed E-state index contributed by atoms with van der Waals surface area (Å²) in [4.78, 5) is 9.50. The Bertz CT molecular complexity index is 575. The molecule has 1 aliphatic rings. The number of guanidine groups is 1. The molecule has 1 heterocycles. The fraction of sp³-hybridized carbons (Fsp3) is 0.632. The van der Waals surface area contributed by atoms with Crippen LogP contribution in [0.2, 0.25) is 0 Å². The standard InChI is InChI=1S/C19H32FN5/c1-5-21-19(23-13-18-14-24(3)10-11-25(18)4)22-9-8-16-6-7-17(20)12-15(16)2/h6-7,12,18H,5,8-11,13-14H2,1-4H3,(H2,21,22,23). The monoisotopic (exact) mass is 349 g/mol. The minimum Gasteiger partial charge on any atom is -0.357 e. The zero-order valence-corrected chi connectivity index (χ0v) is 16.0. The van der Waals surface area contributed by atoms with Crippen LogP contribution in [-0.4, -0.2) is 75.2 Å². The van der Waals surface area contributed by atoms with Gasteiger partial charge in [0.1, 0.15) is 5.82 Å². The lowest BCUT2D eigenvalue weighted by atomic mass is 10.1. The molecule has 0 aliphatic carbocycles. The number of aliphatic imine (C=N–C) groups is 1. The van der Waals surface area contributed by atoms with Crippen LogP contribution in [-0.2, 0) is 6.42 Å². The highest BCUT2D eigenvalue weighted by atomic mass is 19.1. The molecule has 2 N–H and O–H groups in total. The van der Waals surface area contributed by atoms with E-state index in [2.05, 4.69) is 41.5 Å². The lowest BCUT2D eigenvalue weighted by molar-refractivity contribution is 0.119. The molecule has 2 rings (SSSR count). The summed E-state index contributed by atoms with van der Waals surface area (Å²) in [5, 5.41) is 6.69. The second-order valence-corrected chi connectivity index (χ2v) is 6.86. The maximum Gasteiger partial charge on any atom is 0.191 e. The molecule has 1 atom stereocenters. The van der Waals surface area contributed by atoms with E-state index in [-0.39, 0.29) is 5.82 Å². The van der Waals surface area contributed by atoms with Crippen molar-refractivity contribution in [2.45, 2.75) is 26.3 Å². The zero-order valence-electron chi connectivity index (χ0n) is 16.0. The highest BCUT2D eigenvalue weighted by Crippen LogP contribution is 2.10. The predicted octanol–water partition coefficient (Wildman–Crippen LogP) is 1.48. The van der Waals surface area contributed by atoms with Gasteiger partial charge in [-0.05, 0) is 57.6 Å². The number of piperazine rings is 1. The van der Waals surface area contributed by atoms with Crippen molar-refractivity contribution >= 4 is 5.96 Å². The molecule has 1 saturated heterocycles. The molecule has 6 heteroatoms. The second-order valence-electron chi connectivity index (χ2n) is 6.86. The summed E-state index contributed by atoms with van der Waals surface area (Å²) in [6.07, 6.45) is 0.850. The van der Waals surface area contributed by atoms with Gasteiger partial charge in [-0.1, -0.05) is 6.07 Å². The Kier molecular flexibility index (Phi) is 7.65. The molecule has 1 aromatic rings. The summed E-state index contributed by atoms with van der Waals surface area (Å²) in [6, 6.07) is 5.43. The SMILES string of the molecule is CCNC(=NCC1CN(C)CCN1C)NCCc1ccc(F)cc1C. The van der Waals surface area contributed by atoms with Crippen molar-refractivity contribution in [3.05, 3.63) is 35.1 Å². The van der Waals surface area contributed by atoms with Crippen LogP contribution in [0.15, 0.2) is 23.2 Å². The Morgan fingerprint density at radius 3 is 2.80 bits per heavy atom. The Hall–Kier alpha value is -1.66. The van der Waals surface area contributed by atoms with E-state index in [0.717, 1.165) is 57.2 Å². The van der Waals surface area contributed by atoms with Gasteiger partial charge in [-0.3, -0.25) is 9.89 Å². The molecular weight excluding hydrogens is 317 g/mol. The van der Waals surface area contributed by atoms with Gasteiger partial charge >= 0.3 is 0 Å². The van der Waals surface area contributed by atoms with Crippen LogP contribution < -0.4 is 10.6 Å². The van der Waals surface area contributed by atoms with Crippen molar-refractivity contribution in [1.29, 1.82) is 0 Å². The number of hydrogen-bond acceptors (Lipinski definition) is 3. The third-order valence-corrected chi connectivity index (χ3v) is 4.78. The van der Waals surface area contributed by atoms with Crippen LogP contribution in [0.4, 0.5) is 4.39 Å². The summed E-state index contributed by atoms with van der Waals surface area (Å²) in [5.41, 5.74) is 2.16. The van der Waals surface area contributed by atoms with E-state index in [1.165, 1.54) is 11.6 Å². The minimum atomic E-state index is -0.175. The Balaban J connectivity index is 1.86. The van der Waals surface area contributed by atoms with Crippen molar-refractivity contribution in [3.8, 4) is 0 Å². The number of halogens is 1. The number of rotatable bonds is 6. The number of nitrogens with zero attached hydrogens (tertiary/aromatic N) is 3. The molecule has 1 unspecified atom stereocenters. The smallest absolute Gasteiger partial charge is 0.191 e. The maximum atomic E-state index is 13.2. The first kappa shape index (κ1) is 19.7. The quantitative estimate of drug-likeness (QED) is 0.603. The Labute approximate surface area is 151 Å². The van der Waals surface area contributed by atoms with Gasteiger partial charge in [-0.15, -0.1) is 0 Å². The lowest BCUT2D eigenvalue weighted by Crippen LogP contribution is -2.51. The van der Waals surface area contributed by atoms with Gasteiger partial charge in [0.2, 0.25) is 0 Å². The van der Waals surface area contributed by atoms with Crippen molar-refractivity contribution < 1.29 is 4.39 Å². The van der Waals surface area contributed by atoms with Gasteiger partial charge in [0.25, 0.3) is 0 Å². The molecule has 0 aromatic heterocycles. The Morgan fingerprint density at radius 2 is 2.08 bits per heavy atom. The molecule has 0 bridgehead atoms. The van der Waals surface area contributed by atoms with E-state index in [0.29, 0.717) is 6.04 Å². The van der Waals surface area contributed by atoms with Crippen LogP contribution >= 0.6 is 0 Å². The highest BCUT2D eigenvalue weighted by molar-refractivity contribution is 5.79. The van der Waals surface area contributed by atoms with Gasteiger partial charge < -0.3 is 15.5 Å². The topological polar surface area (TPSA) is 42.9 Å². The Morgan fingerprint density at radius 1 is 1.28 bits per heavy atom. The molecule has 0 spiro atoms. The summed E-state index contributed by atoms with van der Waals surface area (Å²) in [5.74, 6) is 0.676. The van der Waals surface area contributed by atoms with Gasteiger partial charge in [0, 0.05) is 38.8 Å². The second kappa shape index (κ2) is 9.73. The zero-order chi connectivity index (χ0) is 18.2. The fourth-order valence-electron chi connectivity index (χ4n) is 3.09. The molecule has 5 nitrogen and oxygen atoms in total. The predicted molar refractivity (Wildman–Crippen MR) is 103 cm³/mol. The van der Waals surface area contributed by atoms with Crippen LogP contribution in [0.1, 0.15) is 18.1 Å². The van der Waals surface area contributed by atoms with E-state index in [1.54, 1.807) is 6.07 Å². The minimum absolute atomic E-state index is 0.175. The van der Waals surface area contributed by atoms with Crippen molar-refractivity contribution in [2.24, 2.45) is 4.99 Å². The van der Waals surface area contributed by atoms with E-state index in [1.807, 2.05) is 13.0 Å². The van der Waals surface area contributed by atoms with E-state index in [4.69, 9.17) is 4.99 Å². The molecule has 1 aliphatic heterocycles. The number of nitrogens with one attached hydrogen (secondary N) is 2. The molecule has 0 radical (unpaired) electrons. The third kappa shape index (κ3) is 6.29. The number of aryl methyl sites for hydroxylation is 1. The molecule has 25 heavy (non-hydrogen) atoms. The maximum absolute atomic E-state index is 13.2. The van der Waals surface area contributed by atoms with Crippen molar-refractivity contribution in [2.75, 3.05) is 53.4 Å². The third-order valence-electron chi connectivity index (χ3n) is 4.78. The lowest BCUT2D eigenvalue weighted by Gasteiger charge is -2.36. The van der Waals surface area contributed by atoms with Gasteiger partial charge in [-0.2, -0.15) is 0 Å². The normalized spacial score (nSPS) is 19.9. The average Bonchev–Trinajstić information content (AvgIpc) is 2.57. The van der Waals surface area contributed by atoms with Gasteiger partial charge in [0.05, 0.1) is 6.54 Å². The van der Waals surface area contributed by atoms with E-state index < -0.39 is 0 Å². The first-order valence-corrected chi connectivity index (χ1v) is 9.15. The van der Waals surface area contributed by atoms with Crippen LogP contribution in [0.25, 0.3) is 0 Å². The fourth-order valence-corrected chi connectivity index (χ4v) is 3.09. The number of hydrogen-bond donors (Lipinski definition) is 2. The van der Waals surface area contributed by atoms with Crippen molar-refractivity contribution in [1.82, 2.24) is 20.4 Å². The molecule has 1 fully saturated rings. The van der Waals surface area contributed by atoms with E-state index in [9.17, 15) is 4.39 Å². The molecule has 0 amide bonds. The highest BCUT2D eigenvalue weighted by Gasteiger charge is 2.21. The van der Waals surface area contributed by atoms with Gasteiger partial charge in [-0.25, -0.2) is 4.39 Å². The summed E-state index contributed by atoms with van der Waals surface area (Å²) < 4.78 is 13.2. The first-order valence-electron chi connectivity index (χ1n) is 9.15. The summed E-state index contributed by atoms with van der Waals surface area (Å²) in [6.45, 7) is 9.67. The van der Waals surface area contributed by atoms with Crippen LogP contribution in [0.3, 0.4) is 0 Å². The van der Waals surface area contributed by atoms with Crippen LogP contribution in [0.5, 0.6) is 0 Å². The number of likely N-dealkylation sites (N-methyl/N-ethyl adjacent to an activating group) is 2. The molecule has 1 aromatic carbocycles. The largest absolute Gasteiger partial charge is 0.357 e. The molecule has 140 valence electrons. The molecular formula is C19H32FN5. The summed E-state index contributed by atoms with van der Waals surface area (Å²) in [7, 11) is 4.34. The average molecular weight is 349 g/mol. The van der Waals surface area contributed by atoms with E-state index >= 15 is 0 Å². The number of benzene rings is 1. The summed E-state index contributed by atoms with van der Waals surface area (Å²) >= 11 is 0.